The molecule has 0 radical (unpaired) electrons. The molecule has 2 heterocycles. The molecule has 1 aromatic rings. The zero-order chi connectivity index (χ0) is 21.2. The molecule has 0 atom stereocenters. The van der Waals surface area contributed by atoms with E-state index < -0.39 is 5.41 Å². The monoisotopic (exact) mass is 386 g/mol. The smallest absolute Gasteiger partial charge is 0.137 e. The van der Waals surface area contributed by atoms with Crippen LogP contribution in [0.1, 0.15) is 25.0 Å². The summed E-state index contributed by atoms with van der Waals surface area (Å²) in [5.41, 5.74) is 11.4. The van der Waals surface area contributed by atoms with Crippen molar-refractivity contribution in [1.29, 1.82) is 16.1 Å². The molecule has 7 N–H and O–H groups in total. The Morgan fingerprint density at radius 1 is 1.39 bits per heavy atom. The normalized spacial score (nSPS) is 14.4. The van der Waals surface area contributed by atoms with E-state index in [0.29, 0.717) is 36.8 Å². The van der Waals surface area contributed by atoms with Gasteiger partial charge in [-0.15, -0.1) is 0 Å². The number of morpholine rings is 1. The summed E-state index contributed by atoms with van der Waals surface area (Å²) in [5, 5.41) is 27.7. The van der Waals surface area contributed by atoms with E-state index in [9.17, 15) is 5.26 Å². The lowest BCUT2D eigenvalue weighted by molar-refractivity contribution is 0.122. The van der Waals surface area contributed by atoms with Gasteiger partial charge in [0.2, 0.25) is 0 Å². The first kappa shape index (κ1) is 23.1. The van der Waals surface area contributed by atoms with Crippen molar-refractivity contribution in [2.24, 2.45) is 11.5 Å². The average molecular weight is 387 g/mol. The third kappa shape index (κ3) is 5.77. The molecule has 0 saturated carbocycles. The lowest BCUT2D eigenvalue weighted by Crippen LogP contribution is -2.37. The predicted molar refractivity (Wildman–Crippen MR) is 113 cm³/mol. The molecule has 0 unspecified atom stereocenters. The molecule has 1 saturated heterocycles. The molecule has 1 aromatic heterocycles. The summed E-state index contributed by atoms with van der Waals surface area (Å²) in [6, 6.07) is 4.19. The number of nitriles is 1. The molecule has 9 heteroatoms. The van der Waals surface area contributed by atoms with Gasteiger partial charge in [0.15, 0.2) is 0 Å². The molecule has 2 rings (SSSR count). The van der Waals surface area contributed by atoms with Gasteiger partial charge in [0.25, 0.3) is 0 Å². The van der Waals surface area contributed by atoms with Crippen LogP contribution < -0.4 is 21.7 Å². The first-order valence-electron chi connectivity index (χ1n) is 8.99. The van der Waals surface area contributed by atoms with Crippen LogP contribution in [-0.4, -0.2) is 57.3 Å². The molecule has 0 amide bonds. The molecule has 9 nitrogen and oxygen atoms in total. The van der Waals surface area contributed by atoms with Crippen LogP contribution in [0, 0.1) is 22.1 Å². The minimum absolute atomic E-state index is 0.294. The predicted octanol–water partition coefficient (Wildman–Crippen LogP) is 1.20. The van der Waals surface area contributed by atoms with E-state index in [0.717, 1.165) is 30.7 Å². The van der Waals surface area contributed by atoms with Gasteiger partial charge in [-0.25, -0.2) is 4.98 Å². The second-order valence-corrected chi connectivity index (χ2v) is 6.53. The molecule has 0 bridgehead atoms. The zero-order valence-electron chi connectivity index (χ0n) is 16.7. The summed E-state index contributed by atoms with van der Waals surface area (Å²) in [5.74, 6) is 1.25. The van der Waals surface area contributed by atoms with Crippen molar-refractivity contribution in [3.8, 4) is 6.07 Å². The lowest BCUT2D eigenvalue weighted by Gasteiger charge is -2.30. The van der Waals surface area contributed by atoms with Gasteiger partial charge in [-0.2, -0.15) is 5.26 Å². The first-order chi connectivity index (χ1) is 13.4. The molecule has 1 aliphatic heterocycles. The van der Waals surface area contributed by atoms with Gasteiger partial charge in [0.1, 0.15) is 11.6 Å². The van der Waals surface area contributed by atoms with Crippen LogP contribution in [0.2, 0.25) is 0 Å². The van der Waals surface area contributed by atoms with E-state index in [4.69, 9.17) is 21.3 Å². The summed E-state index contributed by atoms with van der Waals surface area (Å²) in [4.78, 5) is 6.77. The van der Waals surface area contributed by atoms with Crippen LogP contribution in [0.5, 0.6) is 0 Å². The van der Waals surface area contributed by atoms with Crippen molar-refractivity contribution >= 4 is 24.1 Å². The largest absolute Gasteiger partial charge is 0.401 e. The quantitative estimate of drug-likeness (QED) is 0.440. The van der Waals surface area contributed by atoms with E-state index in [1.54, 1.807) is 0 Å². The Morgan fingerprint density at radius 3 is 2.57 bits per heavy atom. The van der Waals surface area contributed by atoms with Gasteiger partial charge in [-0.05, 0) is 38.6 Å². The molecule has 152 valence electrons. The molecule has 1 fully saturated rings. The van der Waals surface area contributed by atoms with Crippen LogP contribution in [0.3, 0.4) is 0 Å². The standard InChI is InChI=1S/C18H25N7O.CH5N/c1-18(2,12-21)15-9-16(25-5-7-26-8-6-25)24-17(14(15)10-20)23-11-13(22)3-4-19;1-2/h3-4,9-10,19-20H,5-8,11,22H2,1-2H3,(H,23,24);2H2,1H3/b13-3-,19-4?,20-10?;. The molecular formula is C19H30N8O. The van der Waals surface area contributed by atoms with E-state index in [2.05, 4.69) is 27.0 Å². The summed E-state index contributed by atoms with van der Waals surface area (Å²) in [6.45, 7) is 6.64. The zero-order valence-corrected chi connectivity index (χ0v) is 16.7. The van der Waals surface area contributed by atoms with E-state index >= 15 is 0 Å². The highest BCUT2D eigenvalue weighted by Crippen LogP contribution is 2.32. The summed E-state index contributed by atoms with van der Waals surface area (Å²) in [6.07, 6.45) is 3.82. The van der Waals surface area contributed by atoms with Crippen molar-refractivity contribution in [1.82, 2.24) is 4.98 Å². The highest BCUT2D eigenvalue weighted by molar-refractivity contribution is 5.88. The molecule has 0 spiro atoms. The summed E-state index contributed by atoms with van der Waals surface area (Å²) in [7, 11) is 1.50. The summed E-state index contributed by atoms with van der Waals surface area (Å²) < 4.78 is 5.40. The van der Waals surface area contributed by atoms with Crippen LogP contribution in [0.4, 0.5) is 11.6 Å². The van der Waals surface area contributed by atoms with Gasteiger partial charge in [0, 0.05) is 36.8 Å². The summed E-state index contributed by atoms with van der Waals surface area (Å²) >= 11 is 0. The number of anilines is 2. The number of hydrogen-bond acceptors (Lipinski definition) is 9. The van der Waals surface area contributed by atoms with Crippen LogP contribution >= 0.6 is 0 Å². The number of hydrogen-bond donors (Lipinski definition) is 5. The number of nitrogens with zero attached hydrogens (tertiary/aromatic N) is 3. The van der Waals surface area contributed by atoms with Crippen molar-refractivity contribution in [3.05, 3.63) is 29.0 Å². The third-order valence-electron chi connectivity index (χ3n) is 4.23. The Kier molecular flexibility index (Phi) is 9.08. The molecular weight excluding hydrogens is 356 g/mol. The van der Waals surface area contributed by atoms with Gasteiger partial charge < -0.3 is 37.2 Å². The van der Waals surface area contributed by atoms with Crippen molar-refractivity contribution < 1.29 is 4.74 Å². The fraction of sp³-hybridized carbons (Fsp3) is 0.474. The number of rotatable bonds is 7. The highest BCUT2D eigenvalue weighted by atomic mass is 16.5. The van der Waals surface area contributed by atoms with Crippen molar-refractivity contribution in [2.45, 2.75) is 19.3 Å². The second kappa shape index (κ2) is 11.0. The maximum Gasteiger partial charge on any atom is 0.137 e. The lowest BCUT2D eigenvalue weighted by atomic mass is 9.83. The SMILES string of the molecule is CC(C)(C#N)c1cc(N2CCOCC2)nc(NC/C(N)=C/C=N)c1C=N.CN. The van der Waals surface area contributed by atoms with Crippen molar-refractivity contribution in [2.75, 3.05) is 50.1 Å². The minimum Gasteiger partial charge on any atom is -0.401 e. The Labute approximate surface area is 166 Å². The van der Waals surface area contributed by atoms with Crippen LogP contribution in [-0.2, 0) is 10.2 Å². The van der Waals surface area contributed by atoms with Crippen LogP contribution in [0.15, 0.2) is 17.8 Å². The fourth-order valence-electron chi connectivity index (χ4n) is 2.71. The number of aromatic nitrogens is 1. The number of nitrogens with one attached hydrogen (secondary N) is 3. The highest BCUT2D eigenvalue weighted by Gasteiger charge is 2.27. The molecule has 0 aromatic carbocycles. The Hall–Kier alpha value is -2.96. The van der Waals surface area contributed by atoms with E-state index in [1.165, 1.54) is 19.3 Å². The van der Waals surface area contributed by atoms with Gasteiger partial charge in [-0.3, -0.25) is 0 Å². The van der Waals surface area contributed by atoms with Crippen LogP contribution in [0.25, 0.3) is 0 Å². The number of pyridine rings is 1. The maximum absolute atomic E-state index is 9.59. The van der Waals surface area contributed by atoms with Crippen molar-refractivity contribution in [3.63, 3.8) is 0 Å². The first-order valence-corrected chi connectivity index (χ1v) is 8.99. The molecule has 0 aliphatic carbocycles. The van der Waals surface area contributed by atoms with Gasteiger partial charge in [-0.1, -0.05) is 0 Å². The average Bonchev–Trinajstić information content (AvgIpc) is 2.73. The van der Waals surface area contributed by atoms with Gasteiger partial charge in [0.05, 0.1) is 31.2 Å². The molecule has 1 aliphatic rings. The van der Waals surface area contributed by atoms with Gasteiger partial charge >= 0.3 is 0 Å². The van der Waals surface area contributed by atoms with E-state index in [1.807, 2.05) is 19.9 Å². The maximum atomic E-state index is 9.59. The number of allylic oxidation sites excluding steroid dienone is 1. The topological polar surface area (TPSA) is 161 Å². The van der Waals surface area contributed by atoms with E-state index in [-0.39, 0.29) is 0 Å². The number of ether oxygens (including phenoxy) is 1. The minimum atomic E-state index is -0.774. The molecule has 28 heavy (non-hydrogen) atoms. The third-order valence-corrected chi connectivity index (χ3v) is 4.23. The Balaban J connectivity index is 0.00000190. The second-order valence-electron chi connectivity index (χ2n) is 6.53. The fourth-order valence-corrected chi connectivity index (χ4v) is 2.71. The number of nitrogens with two attached hydrogens (primary N) is 2. The Morgan fingerprint density at radius 2 is 2.04 bits per heavy atom. The Bertz CT molecular complexity index is 745.